The quantitative estimate of drug-likeness (QED) is 0.589. The number of nitrogens with one attached hydrogen (secondary N) is 3. The smallest absolute Gasteiger partial charge is 0.255 e. The molecule has 28 heavy (non-hydrogen) atoms. The minimum atomic E-state index is -0.569. The van der Waals surface area contributed by atoms with Gasteiger partial charge in [-0.3, -0.25) is 24.6 Å². The number of imide groups is 1. The summed E-state index contributed by atoms with van der Waals surface area (Å²) in [6, 6.07) is 5.64. The molecule has 2 unspecified atom stereocenters. The molecular formula is C20H27N5O3. The van der Waals surface area contributed by atoms with Crippen molar-refractivity contribution in [2.45, 2.75) is 38.0 Å². The van der Waals surface area contributed by atoms with Gasteiger partial charge in [0.2, 0.25) is 11.8 Å². The van der Waals surface area contributed by atoms with Crippen LogP contribution in [0.1, 0.15) is 34.3 Å². The number of carbonyl (C=O) groups excluding carboxylic acids is 3. The van der Waals surface area contributed by atoms with Gasteiger partial charge in [0.25, 0.3) is 5.91 Å². The number of benzene rings is 1. The number of rotatable bonds is 5. The van der Waals surface area contributed by atoms with Gasteiger partial charge in [0.15, 0.2) is 0 Å². The lowest BCUT2D eigenvalue weighted by atomic mass is 10.0. The van der Waals surface area contributed by atoms with Crippen LogP contribution in [-0.2, 0) is 22.7 Å². The molecule has 8 nitrogen and oxygen atoms in total. The summed E-state index contributed by atoms with van der Waals surface area (Å²) in [5.41, 5.74) is 2.74. The molecule has 0 aliphatic carbocycles. The van der Waals surface area contributed by atoms with Crippen molar-refractivity contribution < 1.29 is 14.4 Å². The summed E-state index contributed by atoms with van der Waals surface area (Å²) >= 11 is 0. The molecular weight excluding hydrogens is 358 g/mol. The van der Waals surface area contributed by atoms with E-state index in [4.69, 9.17) is 0 Å². The molecule has 150 valence electrons. The van der Waals surface area contributed by atoms with Crippen LogP contribution in [0.15, 0.2) is 18.2 Å². The Balaban J connectivity index is 1.42. The van der Waals surface area contributed by atoms with E-state index in [0.717, 1.165) is 37.3 Å². The van der Waals surface area contributed by atoms with Gasteiger partial charge in [-0.2, -0.15) is 0 Å². The second kappa shape index (κ2) is 7.98. The van der Waals surface area contributed by atoms with E-state index in [2.05, 4.69) is 27.9 Å². The number of carbonyl (C=O) groups is 3. The van der Waals surface area contributed by atoms with E-state index in [-0.39, 0.29) is 24.1 Å². The maximum absolute atomic E-state index is 12.9. The molecule has 2 saturated heterocycles. The van der Waals surface area contributed by atoms with Gasteiger partial charge in [-0.15, -0.1) is 0 Å². The van der Waals surface area contributed by atoms with E-state index in [9.17, 15) is 14.4 Å². The zero-order chi connectivity index (χ0) is 19.7. The fourth-order valence-electron chi connectivity index (χ4n) is 4.28. The molecule has 0 spiro atoms. The summed E-state index contributed by atoms with van der Waals surface area (Å²) in [5.74, 6) is -0.759. The third-order valence-corrected chi connectivity index (χ3v) is 6.02. The summed E-state index contributed by atoms with van der Waals surface area (Å²) in [4.78, 5) is 40.4. The van der Waals surface area contributed by atoms with Gasteiger partial charge in [0.1, 0.15) is 6.04 Å². The molecule has 4 rings (SSSR count). The van der Waals surface area contributed by atoms with Crippen LogP contribution in [0.25, 0.3) is 0 Å². The molecule has 1 aromatic rings. The van der Waals surface area contributed by atoms with Gasteiger partial charge >= 0.3 is 0 Å². The average Bonchev–Trinajstić information content (AvgIpc) is 3.01. The van der Waals surface area contributed by atoms with E-state index >= 15 is 0 Å². The molecule has 3 amide bonds. The number of piperazine rings is 1. The number of fused-ring (bicyclic) bond motifs is 1. The van der Waals surface area contributed by atoms with Gasteiger partial charge in [0.05, 0.1) is 0 Å². The highest BCUT2D eigenvalue weighted by Gasteiger charge is 2.39. The zero-order valence-corrected chi connectivity index (χ0v) is 16.2. The van der Waals surface area contributed by atoms with Crippen LogP contribution in [0, 0.1) is 0 Å². The Morgan fingerprint density at radius 3 is 2.89 bits per heavy atom. The Morgan fingerprint density at radius 1 is 1.25 bits per heavy atom. The summed E-state index contributed by atoms with van der Waals surface area (Å²) < 4.78 is 0. The Labute approximate surface area is 164 Å². The normalized spacial score (nSPS) is 25.8. The molecule has 2 fully saturated rings. The topological polar surface area (TPSA) is 93.8 Å². The van der Waals surface area contributed by atoms with Crippen molar-refractivity contribution in [1.29, 1.82) is 0 Å². The predicted molar refractivity (Wildman–Crippen MR) is 103 cm³/mol. The fourth-order valence-corrected chi connectivity index (χ4v) is 4.28. The Hall–Kier alpha value is -2.29. The number of likely N-dealkylation sites (N-methyl/N-ethyl adjacent to an activating group) is 1. The number of amides is 3. The molecule has 3 aliphatic rings. The zero-order valence-electron chi connectivity index (χ0n) is 16.2. The van der Waals surface area contributed by atoms with E-state index in [1.165, 1.54) is 0 Å². The van der Waals surface area contributed by atoms with E-state index in [0.29, 0.717) is 31.1 Å². The Bertz CT molecular complexity index is 796. The third-order valence-electron chi connectivity index (χ3n) is 6.02. The highest BCUT2D eigenvalue weighted by Crippen LogP contribution is 2.29. The minimum Gasteiger partial charge on any atom is -0.322 e. The van der Waals surface area contributed by atoms with Crippen LogP contribution >= 0.6 is 0 Å². The molecule has 0 bridgehead atoms. The molecule has 0 saturated carbocycles. The molecule has 1 aromatic carbocycles. The second-order valence-corrected chi connectivity index (χ2v) is 7.81. The Kier molecular flexibility index (Phi) is 5.43. The predicted octanol–water partition coefficient (Wildman–Crippen LogP) is -0.559. The summed E-state index contributed by atoms with van der Waals surface area (Å²) in [7, 11) is 2.14. The van der Waals surface area contributed by atoms with E-state index < -0.39 is 6.04 Å². The minimum absolute atomic E-state index is 0.123. The van der Waals surface area contributed by atoms with Crippen molar-refractivity contribution in [3.63, 3.8) is 0 Å². The maximum atomic E-state index is 12.9. The number of hydrogen-bond acceptors (Lipinski definition) is 6. The van der Waals surface area contributed by atoms with Gasteiger partial charge in [-0.25, -0.2) is 0 Å². The lowest BCUT2D eigenvalue weighted by molar-refractivity contribution is -0.136. The average molecular weight is 385 g/mol. The maximum Gasteiger partial charge on any atom is 0.255 e. The van der Waals surface area contributed by atoms with Crippen LogP contribution in [0.3, 0.4) is 0 Å². The first-order chi connectivity index (χ1) is 13.5. The van der Waals surface area contributed by atoms with Crippen molar-refractivity contribution in [2.24, 2.45) is 0 Å². The van der Waals surface area contributed by atoms with Gasteiger partial charge < -0.3 is 15.5 Å². The van der Waals surface area contributed by atoms with Crippen LogP contribution < -0.4 is 16.0 Å². The highest BCUT2D eigenvalue weighted by molar-refractivity contribution is 6.05. The fraction of sp³-hybridized carbons (Fsp3) is 0.550. The van der Waals surface area contributed by atoms with Crippen LogP contribution in [-0.4, -0.2) is 72.8 Å². The number of piperidine rings is 1. The van der Waals surface area contributed by atoms with Crippen molar-refractivity contribution in [1.82, 2.24) is 25.8 Å². The van der Waals surface area contributed by atoms with Gasteiger partial charge in [0, 0.05) is 57.3 Å². The molecule has 3 heterocycles. The summed E-state index contributed by atoms with van der Waals surface area (Å²) in [6.45, 7) is 5.02. The molecule has 2 atom stereocenters. The summed E-state index contributed by atoms with van der Waals surface area (Å²) in [5, 5.41) is 9.28. The van der Waals surface area contributed by atoms with Crippen molar-refractivity contribution >= 4 is 17.7 Å². The largest absolute Gasteiger partial charge is 0.322 e. The SMILES string of the molecule is CN1CCNCC1CNCc1cccc2c1CN(C1CCC(=O)NC1=O)C2=O. The van der Waals surface area contributed by atoms with Crippen molar-refractivity contribution in [3.05, 3.63) is 34.9 Å². The van der Waals surface area contributed by atoms with Crippen molar-refractivity contribution in [3.8, 4) is 0 Å². The summed E-state index contributed by atoms with van der Waals surface area (Å²) in [6.07, 6.45) is 0.660. The third kappa shape index (κ3) is 3.67. The molecule has 0 radical (unpaired) electrons. The standard InChI is InChI=1S/C20H27N5O3/c1-24-8-7-21-10-14(24)11-22-9-13-3-2-4-15-16(13)12-25(20(15)28)17-5-6-18(26)23-19(17)27/h2-4,14,17,21-22H,5-12H2,1H3,(H,23,26,27). The molecule has 0 aromatic heterocycles. The molecule has 3 aliphatic heterocycles. The van der Waals surface area contributed by atoms with Crippen LogP contribution in [0.2, 0.25) is 0 Å². The van der Waals surface area contributed by atoms with Gasteiger partial charge in [-0.1, -0.05) is 12.1 Å². The highest BCUT2D eigenvalue weighted by atomic mass is 16.2. The number of nitrogens with zero attached hydrogens (tertiary/aromatic N) is 2. The second-order valence-electron chi connectivity index (χ2n) is 7.81. The first-order valence-corrected chi connectivity index (χ1v) is 9.91. The molecule has 8 heteroatoms. The lowest BCUT2D eigenvalue weighted by Gasteiger charge is -2.33. The van der Waals surface area contributed by atoms with Gasteiger partial charge in [-0.05, 0) is 30.7 Å². The first kappa shape index (κ1) is 19.0. The first-order valence-electron chi connectivity index (χ1n) is 9.91. The van der Waals surface area contributed by atoms with Crippen molar-refractivity contribution in [2.75, 3.05) is 33.2 Å². The lowest BCUT2D eigenvalue weighted by Crippen LogP contribution is -2.53. The van der Waals surface area contributed by atoms with Crippen LogP contribution in [0.5, 0.6) is 0 Å². The van der Waals surface area contributed by atoms with Crippen LogP contribution in [0.4, 0.5) is 0 Å². The van der Waals surface area contributed by atoms with E-state index in [1.807, 2.05) is 18.2 Å². The molecule has 3 N–H and O–H groups in total. The Morgan fingerprint density at radius 2 is 2.11 bits per heavy atom. The number of hydrogen-bond donors (Lipinski definition) is 3. The monoisotopic (exact) mass is 385 g/mol. The van der Waals surface area contributed by atoms with E-state index in [1.54, 1.807) is 4.90 Å².